The number of rotatable bonds is 5. The van der Waals surface area contributed by atoms with E-state index in [2.05, 4.69) is 18.6 Å². The molecule has 0 radical (unpaired) electrons. The van der Waals surface area contributed by atoms with Crippen molar-refractivity contribution in [3.05, 3.63) is 42.0 Å². The fourth-order valence-corrected chi connectivity index (χ4v) is 1.47. The minimum absolute atomic E-state index is 0.407. The maximum absolute atomic E-state index is 11.5. The highest BCUT2D eigenvalue weighted by Crippen LogP contribution is 2.22. The van der Waals surface area contributed by atoms with Crippen molar-refractivity contribution in [2.24, 2.45) is 0 Å². The van der Waals surface area contributed by atoms with Crippen molar-refractivity contribution in [2.75, 3.05) is 7.11 Å². The van der Waals surface area contributed by atoms with Gasteiger partial charge in [0.05, 0.1) is 7.11 Å². The van der Waals surface area contributed by atoms with Gasteiger partial charge in [0.25, 0.3) is 0 Å². The molecule has 1 aromatic carbocycles. The minimum atomic E-state index is -0.605. The lowest BCUT2D eigenvalue weighted by molar-refractivity contribution is -0.135. The number of carbonyl (C=O) groups excluding carboxylic acids is 2. The predicted octanol–water partition coefficient (Wildman–Crippen LogP) is 2.83. The molecule has 0 aliphatic rings. The first kappa shape index (κ1) is 15.0. The average molecular weight is 262 g/mol. The van der Waals surface area contributed by atoms with Gasteiger partial charge in [-0.05, 0) is 30.0 Å². The Kier molecular flexibility index (Phi) is 5.79. The summed E-state index contributed by atoms with van der Waals surface area (Å²) >= 11 is 0. The van der Waals surface area contributed by atoms with Crippen molar-refractivity contribution in [1.29, 1.82) is 0 Å². The minimum Gasteiger partial charge on any atom is -0.466 e. The van der Waals surface area contributed by atoms with Crippen LogP contribution in [0.15, 0.2) is 36.4 Å². The van der Waals surface area contributed by atoms with Gasteiger partial charge in [-0.2, -0.15) is 0 Å². The van der Waals surface area contributed by atoms with Crippen molar-refractivity contribution < 1.29 is 19.1 Å². The van der Waals surface area contributed by atoms with Crippen LogP contribution >= 0.6 is 0 Å². The molecule has 0 amide bonds. The van der Waals surface area contributed by atoms with Crippen LogP contribution in [0.1, 0.15) is 31.7 Å². The second kappa shape index (κ2) is 7.36. The molecule has 0 aliphatic heterocycles. The van der Waals surface area contributed by atoms with E-state index in [-0.39, 0.29) is 0 Å². The van der Waals surface area contributed by atoms with Crippen LogP contribution in [0, 0.1) is 0 Å². The second-order valence-corrected chi connectivity index (χ2v) is 4.16. The summed E-state index contributed by atoms with van der Waals surface area (Å²) in [6.07, 6.45) is 3.09. The monoisotopic (exact) mass is 262 g/mol. The normalized spacial score (nSPS) is 12.2. The molecule has 1 atom stereocenters. The second-order valence-electron chi connectivity index (χ2n) is 4.16. The van der Waals surface area contributed by atoms with Crippen LogP contribution in [0.25, 0.3) is 0 Å². The third-order valence-corrected chi connectivity index (χ3v) is 2.81. The van der Waals surface area contributed by atoms with Gasteiger partial charge in [0.2, 0.25) is 0 Å². The largest absolute Gasteiger partial charge is 0.466 e. The van der Waals surface area contributed by atoms with E-state index in [9.17, 15) is 9.59 Å². The summed E-state index contributed by atoms with van der Waals surface area (Å²) < 4.78 is 9.49. The molecule has 1 rings (SSSR count). The molecule has 4 nitrogen and oxygen atoms in total. The summed E-state index contributed by atoms with van der Waals surface area (Å²) in [5.74, 6) is -0.321. The van der Waals surface area contributed by atoms with E-state index < -0.39 is 11.9 Å². The van der Waals surface area contributed by atoms with Gasteiger partial charge in [0, 0.05) is 12.2 Å². The zero-order valence-corrected chi connectivity index (χ0v) is 11.4. The van der Waals surface area contributed by atoms with Crippen molar-refractivity contribution in [3.8, 4) is 5.75 Å². The Morgan fingerprint density at radius 1 is 1.26 bits per heavy atom. The van der Waals surface area contributed by atoms with E-state index in [1.807, 2.05) is 18.2 Å². The van der Waals surface area contributed by atoms with E-state index in [4.69, 9.17) is 4.74 Å². The zero-order valence-electron chi connectivity index (χ0n) is 11.4. The van der Waals surface area contributed by atoms with E-state index in [1.165, 1.54) is 7.11 Å². The molecule has 0 fully saturated rings. The van der Waals surface area contributed by atoms with Crippen molar-refractivity contribution >= 4 is 11.9 Å². The highest BCUT2D eigenvalue weighted by Gasteiger charge is 2.06. The number of hydrogen-bond acceptors (Lipinski definition) is 4. The van der Waals surface area contributed by atoms with Crippen molar-refractivity contribution in [3.63, 3.8) is 0 Å². The molecule has 1 aromatic rings. The van der Waals surface area contributed by atoms with E-state index in [0.717, 1.165) is 24.1 Å². The van der Waals surface area contributed by atoms with Crippen molar-refractivity contribution in [1.82, 2.24) is 0 Å². The predicted molar refractivity (Wildman–Crippen MR) is 71.9 cm³/mol. The van der Waals surface area contributed by atoms with Gasteiger partial charge in [-0.15, -0.1) is 0 Å². The van der Waals surface area contributed by atoms with Crippen LogP contribution in [0.5, 0.6) is 5.75 Å². The van der Waals surface area contributed by atoms with Crippen molar-refractivity contribution in [2.45, 2.75) is 26.2 Å². The molecule has 0 aromatic heterocycles. The summed E-state index contributed by atoms with van der Waals surface area (Å²) in [5.41, 5.74) is 1.12. The molecule has 4 heteroatoms. The Hall–Kier alpha value is -2.10. The van der Waals surface area contributed by atoms with Gasteiger partial charge in [0.1, 0.15) is 5.75 Å². The molecule has 0 heterocycles. The van der Waals surface area contributed by atoms with Gasteiger partial charge in [0.15, 0.2) is 0 Å². The van der Waals surface area contributed by atoms with E-state index in [0.29, 0.717) is 11.7 Å². The lowest BCUT2D eigenvalue weighted by atomic mass is 9.99. The maximum atomic E-state index is 11.5. The molecule has 0 saturated carbocycles. The van der Waals surface area contributed by atoms with Gasteiger partial charge in [-0.25, -0.2) is 9.59 Å². The summed E-state index contributed by atoms with van der Waals surface area (Å²) in [6, 6.07) is 7.37. The molecule has 0 spiro atoms. The topological polar surface area (TPSA) is 52.6 Å². The summed E-state index contributed by atoms with van der Waals surface area (Å²) in [5, 5.41) is 0. The highest BCUT2D eigenvalue weighted by atomic mass is 16.5. The quantitative estimate of drug-likeness (QED) is 0.465. The standard InChI is InChI=1S/C15H18O4/c1-4-11(2)12-6-5-7-13(10-12)19-15(17)9-8-14(16)18-3/h5-11H,4H2,1-3H3/b9-8+. The Balaban J connectivity index is 2.69. The van der Waals surface area contributed by atoms with Gasteiger partial charge >= 0.3 is 11.9 Å². The fraction of sp³-hybridized carbons (Fsp3) is 0.333. The van der Waals surface area contributed by atoms with Crippen LogP contribution in [0.4, 0.5) is 0 Å². The summed E-state index contributed by atoms with van der Waals surface area (Å²) in [7, 11) is 1.24. The molecule has 0 bridgehead atoms. The first-order valence-electron chi connectivity index (χ1n) is 6.14. The fourth-order valence-electron chi connectivity index (χ4n) is 1.47. The summed E-state index contributed by atoms with van der Waals surface area (Å²) in [4.78, 5) is 22.3. The number of ether oxygens (including phenoxy) is 2. The maximum Gasteiger partial charge on any atom is 0.336 e. The van der Waals surface area contributed by atoms with Crippen LogP contribution in [0.2, 0.25) is 0 Å². The third kappa shape index (κ3) is 4.95. The first-order valence-corrected chi connectivity index (χ1v) is 6.14. The molecular weight excluding hydrogens is 244 g/mol. The summed E-state index contributed by atoms with van der Waals surface area (Å²) in [6.45, 7) is 4.21. The van der Waals surface area contributed by atoms with Crippen LogP contribution in [0.3, 0.4) is 0 Å². The zero-order chi connectivity index (χ0) is 14.3. The van der Waals surface area contributed by atoms with Crippen LogP contribution in [-0.4, -0.2) is 19.0 Å². The van der Waals surface area contributed by atoms with Crippen LogP contribution < -0.4 is 4.74 Å². The van der Waals surface area contributed by atoms with Gasteiger partial charge in [-0.1, -0.05) is 26.0 Å². The molecule has 1 unspecified atom stereocenters. The molecule has 19 heavy (non-hydrogen) atoms. The van der Waals surface area contributed by atoms with E-state index >= 15 is 0 Å². The van der Waals surface area contributed by atoms with Gasteiger partial charge in [-0.3, -0.25) is 0 Å². The lowest BCUT2D eigenvalue weighted by Gasteiger charge is -2.10. The average Bonchev–Trinajstić information content (AvgIpc) is 2.44. The molecule has 0 aliphatic carbocycles. The van der Waals surface area contributed by atoms with E-state index in [1.54, 1.807) is 6.07 Å². The number of benzene rings is 1. The molecular formula is C15H18O4. The lowest BCUT2D eigenvalue weighted by Crippen LogP contribution is -2.06. The Labute approximate surface area is 113 Å². The highest BCUT2D eigenvalue weighted by molar-refractivity contribution is 5.92. The number of hydrogen-bond donors (Lipinski definition) is 0. The van der Waals surface area contributed by atoms with Gasteiger partial charge < -0.3 is 9.47 Å². The molecule has 0 N–H and O–H groups in total. The van der Waals surface area contributed by atoms with Crippen LogP contribution in [-0.2, 0) is 14.3 Å². The SMILES string of the molecule is CCC(C)c1cccc(OC(=O)/C=C/C(=O)OC)c1. The Bertz CT molecular complexity index is 477. The Morgan fingerprint density at radius 2 is 1.95 bits per heavy atom. The smallest absolute Gasteiger partial charge is 0.336 e. The first-order chi connectivity index (χ1) is 9.06. The number of carbonyl (C=O) groups is 2. The number of methoxy groups -OCH3 is 1. The number of esters is 2. The molecule has 0 saturated heterocycles. The third-order valence-electron chi connectivity index (χ3n) is 2.81. The molecule has 102 valence electrons. The Morgan fingerprint density at radius 3 is 2.58 bits per heavy atom.